The quantitative estimate of drug-likeness (QED) is 0.801. The Balaban J connectivity index is 2.05. The monoisotopic (exact) mass is 291 g/mol. The lowest BCUT2D eigenvalue weighted by atomic mass is 9.97. The fraction of sp³-hybridized carbons (Fsp3) is 0.500. The van der Waals surface area contributed by atoms with Gasteiger partial charge in [-0.1, -0.05) is 0 Å². The van der Waals surface area contributed by atoms with Crippen LogP contribution < -0.4 is 4.74 Å². The van der Waals surface area contributed by atoms with Crippen molar-refractivity contribution in [3.05, 3.63) is 29.3 Å². The number of carbonyl (C=O) groups is 2. The van der Waals surface area contributed by atoms with E-state index in [1.165, 1.54) is 0 Å². The molecule has 0 saturated carbocycles. The van der Waals surface area contributed by atoms with Crippen LogP contribution in [-0.2, 0) is 16.0 Å². The third kappa shape index (κ3) is 3.35. The van der Waals surface area contributed by atoms with E-state index < -0.39 is 5.41 Å². The van der Waals surface area contributed by atoms with Crippen LogP contribution >= 0.6 is 0 Å². The first kappa shape index (κ1) is 15.4. The van der Waals surface area contributed by atoms with Crippen molar-refractivity contribution in [3.63, 3.8) is 0 Å². The molecule has 1 aliphatic rings. The minimum absolute atomic E-state index is 0.000403. The van der Waals surface area contributed by atoms with Gasteiger partial charge in [0, 0.05) is 12.1 Å². The second-order valence-electron chi connectivity index (χ2n) is 6.15. The van der Waals surface area contributed by atoms with Crippen LogP contribution in [0, 0.1) is 5.41 Å². The standard InChI is InChI=1S/C16H21NO4/c1-16(2,3)15(19)21-10-17-8-7-11-9-12(20-4)5-6-13(11)14(17)18/h5-6,9H,7-8,10H2,1-4H3. The van der Waals surface area contributed by atoms with Gasteiger partial charge in [-0.15, -0.1) is 0 Å². The molecule has 0 N–H and O–H groups in total. The van der Waals surface area contributed by atoms with Gasteiger partial charge in [0.2, 0.25) is 0 Å². The minimum atomic E-state index is -0.565. The number of benzene rings is 1. The molecule has 0 atom stereocenters. The van der Waals surface area contributed by atoms with Crippen molar-refractivity contribution in [2.45, 2.75) is 27.2 Å². The lowest BCUT2D eigenvalue weighted by molar-refractivity contribution is -0.156. The van der Waals surface area contributed by atoms with Gasteiger partial charge in [-0.05, 0) is 51.0 Å². The van der Waals surface area contributed by atoms with Gasteiger partial charge < -0.3 is 14.4 Å². The van der Waals surface area contributed by atoms with Crippen molar-refractivity contribution in [2.24, 2.45) is 5.41 Å². The zero-order valence-corrected chi connectivity index (χ0v) is 12.9. The van der Waals surface area contributed by atoms with Crippen LogP contribution in [-0.4, -0.2) is 37.2 Å². The predicted octanol–water partition coefficient (Wildman–Crippen LogP) is 2.24. The summed E-state index contributed by atoms with van der Waals surface area (Å²) in [4.78, 5) is 25.7. The molecule has 0 radical (unpaired) electrons. The van der Waals surface area contributed by atoms with E-state index in [1.807, 2.05) is 6.07 Å². The molecule has 0 unspecified atom stereocenters. The number of hydrogen-bond acceptors (Lipinski definition) is 4. The van der Waals surface area contributed by atoms with Crippen molar-refractivity contribution < 1.29 is 19.1 Å². The van der Waals surface area contributed by atoms with E-state index in [0.717, 1.165) is 17.7 Å². The van der Waals surface area contributed by atoms with E-state index in [2.05, 4.69) is 0 Å². The molecule has 1 aliphatic heterocycles. The van der Waals surface area contributed by atoms with Gasteiger partial charge in [-0.2, -0.15) is 0 Å². The zero-order valence-electron chi connectivity index (χ0n) is 12.9. The molecule has 114 valence electrons. The first-order valence-electron chi connectivity index (χ1n) is 6.96. The normalized spacial score (nSPS) is 14.7. The van der Waals surface area contributed by atoms with Crippen LogP contribution in [0.3, 0.4) is 0 Å². The van der Waals surface area contributed by atoms with Gasteiger partial charge >= 0.3 is 5.97 Å². The van der Waals surface area contributed by atoms with Gasteiger partial charge in [0.05, 0.1) is 12.5 Å². The number of esters is 1. The second kappa shape index (κ2) is 5.76. The molecular formula is C16H21NO4. The fourth-order valence-electron chi connectivity index (χ4n) is 2.12. The molecule has 1 aromatic rings. The molecule has 0 bridgehead atoms. The summed E-state index contributed by atoms with van der Waals surface area (Å²) in [6.07, 6.45) is 0.728. The van der Waals surface area contributed by atoms with E-state index in [-0.39, 0.29) is 18.6 Å². The largest absolute Gasteiger partial charge is 0.497 e. The SMILES string of the molecule is COc1ccc2c(c1)CCN(COC(=O)C(C)(C)C)C2=O. The summed E-state index contributed by atoms with van der Waals surface area (Å²) < 4.78 is 10.4. The number of amides is 1. The van der Waals surface area contributed by atoms with E-state index in [4.69, 9.17) is 9.47 Å². The average molecular weight is 291 g/mol. The third-order valence-corrected chi connectivity index (χ3v) is 3.44. The summed E-state index contributed by atoms with van der Waals surface area (Å²) in [5.41, 5.74) is 1.05. The van der Waals surface area contributed by atoms with Gasteiger partial charge in [-0.3, -0.25) is 9.59 Å². The molecule has 0 aliphatic carbocycles. The number of fused-ring (bicyclic) bond motifs is 1. The first-order chi connectivity index (χ1) is 9.82. The molecule has 0 aromatic heterocycles. The van der Waals surface area contributed by atoms with Crippen LogP contribution in [0.1, 0.15) is 36.7 Å². The smallest absolute Gasteiger partial charge is 0.312 e. The highest BCUT2D eigenvalue weighted by atomic mass is 16.5. The van der Waals surface area contributed by atoms with Gasteiger partial charge in [0.15, 0.2) is 6.73 Å². The fourth-order valence-corrected chi connectivity index (χ4v) is 2.12. The number of nitrogens with zero attached hydrogens (tertiary/aromatic N) is 1. The summed E-state index contributed by atoms with van der Waals surface area (Å²) >= 11 is 0. The highest BCUT2D eigenvalue weighted by molar-refractivity contribution is 5.97. The number of rotatable bonds is 3. The molecule has 0 fully saturated rings. The van der Waals surface area contributed by atoms with Crippen LogP contribution in [0.15, 0.2) is 18.2 Å². The summed E-state index contributed by atoms with van der Waals surface area (Å²) in [5.74, 6) is 0.325. The zero-order chi connectivity index (χ0) is 15.6. The lowest BCUT2D eigenvalue weighted by Crippen LogP contribution is -2.40. The Morgan fingerprint density at radius 1 is 1.33 bits per heavy atom. The third-order valence-electron chi connectivity index (χ3n) is 3.44. The average Bonchev–Trinajstić information content (AvgIpc) is 2.44. The Morgan fingerprint density at radius 2 is 2.05 bits per heavy atom. The molecule has 0 saturated heterocycles. The Labute approximate surface area is 124 Å². The molecule has 5 heteroatoms. The number of ether oxygens (including phenoxy) is 2. The van der Waals surface area contributed by atoms with Gasteiger partial charge in [-0.25, -0.2) is 0 Å². The molecule has 5 nitrogen and oxygen atoms in total. The Bertz CT molecular complexity index is 560. The van der Waals surface area contributed by atoms with Crippen molar-refractivity contribution in [1.29, 1.82) is 0 Å². The number of carbonyl (C=O) groups excluding carboxylic acids is 2. The van der Waals surface area contributed by atoms with Gasteiger partial charge in [0.25, 0.3) is 5.91 Å². The number of hydrogen-bond donors (Lipinski definition) is 0. The summed E-state index contributed by atoms with van der Waals surface area (Å²) in [6.45, 7) is 5.90. The van der Waals surface area contributed by atoms with E-state index in [9.17, 15) is 9.59 Å². The highest BCUT2D eigenvalue weighted by Gasteiger charge is 2.28. The maximum atomic E-state index is 12.4. The van der Waals surface area contributed by atoms with Crippen molar-refractivity contribution in [1.82, 2.24) is 4.90 Å². The van der Waals surface area contributed by atoms with E-state index >= 15 is 0 Å². The van der Waals surface area contributed by atoms with Crippen molar-refractivity contribution in [3.8, 4) is 5.75 Å². The highest BCUT2D eigenvalue weighted by Crippen LogP contribution is 2.24. The Hall–Kier alpha value is -2.04. The maximum absolute atomic E-state index is 12.4. The van der Waals surface area contributed by atoms with Crippen molar-refractivity contribution >= 4 is 11.9 Å². The lowest BCUT2D eigenvalue weighted by Gasteiger charge is -2.29. The van der Waals surface area contributed by atoms with E-state index in [0.29, 0.717) is 12.1 Å². The summed E-state index contributed by atoms with van der Waals surface area (Å²) in [6, 6.07) is 5.40. The first-order valence-corrected chi connectivity index (χ1v) is 6.96. The van der Waals surface area contributed by atoms with Gasteiger partial charge in [0.1, 0.15) is 5.75 Å². The van der Waals surface area contributed by atoms with Crippen LogP contribution in [0.2, 0.25) is 0 Å². The molecule has 21 heavy (non-hydrogen) atoms. The molecule has 1 aromatic carbocycles. The molecule has 1 heterocycles. The summed E-state index contributed by atoms with van der Waals surface area (Å²) in [7, 11) is 1.60. The Kier molecular flexibility index (Phi) is 4.21. The molecule has 1 amide bonds. The van der Waals surface area contributed by atoms with Crippen molar-refractivity contribution in [2.75, 3.05) is 20.4 Å². The molecule has 2 rings (SSSR count). The van der Waals surface area contributed by atoms with E-state index in [1.54, 1.807) is 44.9 Å². The number of methoxy groups -OCH3 is 1. The topological polar surface area (TPSA) is 55.8 Å². The van der Waals surface area contributed by atoms with Crippen LogP contribution in [0.25, 0.3) is 0 Å². The predicted molar refractivity (Wildman–Crippen MR) is 78.1 cm³/mol. The molecular weight excluding hydrogens is 270 g/mol. The van der Waals surface area contributed by atoms with Crippen LogP contribution in [0.4, 0.5) is 0 Å². The maximum Gasteiger partial charge on any atom is 0.312 e. The minimum Gasteiger partial charge on any atom is -0.497 e. The summed E-state index contributed by atoms with van der Waals surface area (Å²) in [5, 5.41) is 0. The Morgan fingerprint density at radius 3 is 2.67 bits per heavy atom. The second-order valence-corrected chi connectivity index (χ2v) is 6.15. The van der Waals surface area contributed by atoms with Crippen LogP contribution in [0.5, 0.6) is 5.75 Å². The molecule has 0 spiro atoms.